The Morgan fingerprint density at radius 2 is 2.21 bits per heavy atom. The fourth-order valence-corrected chi connectivity index (χ4v) is 3.28. The van der Waals surface area contributed by atoms with Crippen LogP contribution in [-0.2, 0) is 9.59 Å². The third-order valence-electron chi connectivity index (χ3n) is 4.77. The van der Waals surface area contributed by atoms with E-state index in [1.54, 1.807) is 25.3 Å². The van der Waals surface area contributed by atoms with Gasteiger partial charge in [-0.1, -0.05) is 25.6 Å². The second-order valence-corrected chi connectivity index (χ2v) is 6.68. The van der Waals surface area contributed by atoms with Gasteiger partial charge in [-0.2, -0.15) is 0 Å². The smallest absolute Gasteiger partial charge is 0.244 e. The first-order valence-electron chi connectivity index (χ1n) is 9.76. The van der Waals surface area contributed by atoms with Crippen LogP contribution in [0.4, 0.5) is 0 Å². The highest BCUT2D eigenvalue weighted by Crippen LogP contribution is 2.28. The fourth-order valence-electron chi connectivity index (χ4n) is 3.28. The van der Waals surface area contributed by atoms with Gasteiger partial charge in [-0.3, -0.25) is 9.59 Å². The van der Waals surface area contributed by atoms with E-state index in [1.807, 2.05) is 17.0 Å². The molecule has 0 saturated carbocycles. The molecule has 0 bridgehead atoms. The summed E-state index contributed by atoms with van der Waals surface area (Å²) in [6.45, 7) is 7.48. The SMILES string of the molecule is C=CCOc1ccc(/C=C\C(=O)NCC[C@@H](CC)N2CCCC2=O)cc1OC. The highest BCUT2D eigenvalue weighted by atomic mass is 16.5. The van der Waals surface area contributed by atoms with Crippen molar-refractivity contribution in [2.45, 2.75) is 38.6 Å². The van der Waals surface area contributed by atoms with Crippen LogP contribution in [0, 0.1) is 0 Å². The lowest BCUT2D eigenvalue weighted by atomic mass is 10.1. The number of likely N-dealkylation sites (tertiary alicyclic amines) is 1. The van der Waals surface area contributed by atoms with E-state index in [-0.39, 0.29) is 17.9 Å². The predicted molar refractivity (Wildman–Crippen MR) is 110 cm³/mol. The highest BCUT2D eigenvalue weighted by molar-refractivity contribution is 5.91. The number of hydrogen-bond acceptors (Lipinski definition) is 4. The number of carbonyl (C=O) groups is 2. The summed E-state index contributed by atoms with van der Waals surface area (Å²) in [5, 5.41) is 2.89. The van der Waals surface area contributed by atoms with Gasteiger partial charge in [0.2, 0.25) is 11.8 Å². The molecule has 1 aliphatic rings. The largest absolute Gasteiger partial charge is 0.493 e. The van der Waals surface area contributed by atoms with E-state index in [0.717, 1.165) is 31.4 Å². The maximum Gasteiger partial charge on any atom is 0.244 e. The van der Waals surface area contributed by atoms with E-state index in [1.165, 1.54) is 6.08 Å². The quantitative estimate of drug-likeness (QED) is 0.468. The van der Waals surface area contributed by atoms with Crippen LogP contribution >= 0.6 is 0 Å². The van der Waals surface area contributed by atoms with Crippen molar-refractivity contribution in [1.29, 1.82) is 0 Å². The summed E-state index contributed by atoms with van der Waals surface area (Å²) in [6.07, 6.45) is 8.15. The minimum absolute atomic E-state index is 0.159. The molecule has 1 fully saturated rings. The lowest BCUT2D eigenvalue weighted by Crippen LogP contribution is -2.38. The fraction of sp³-hybridized carbons (Fsp3) is 0.455. The molecule has 2 amide bonds. The van der Waals surface area contributed by atoms with Gasteiger partial charge in [0.05, 0.1) is 7.11 Å². The average Bonchev–Trinajstić information content (AvgIpc) is 3.14. The molecule has 0 aliphatic carbocycles. The van der Waals surface area contributed by atoms with Crippen molar-refractivity contribution in [2.24, 2.45) is 0 Å². The first-order valence-corrected chi connectivity index (χ1v) is 9.76. The average molecular weight is 386 g/mol. The minimum Gasteiger partial charge on any atom is -0.493 e. The number of amides is 2. The van der Waals surface area contributed by atoms with E-state index < -0.39 is 0 Å². The molecule has 1 atom stereocenters. The van der Waals surface area contributed by atoms with Gasteiger partial charge in [0.15, 0.2) is 11.5 Å². The number of methoxy groups -OCH3 is 1. The summed E-state index contributed by atoms with van der Waals surface area (Å²) in [7, 11) is 1.57. The molecule has 0 spiro atoms. The Morgan fingerprint density at radius 1 is 1.39 bits per heavy atom. The molecular formula is C22H30N2O4. The molecule has 28 heavy (non-hydrogen) atoms. The number of nitrogens with one attached hydrogen (secondary N) is 1. The standard InChI is InChI=1S/C22H30N2O4/c1-4-15-28-19-10-8-17(16-20(19)27-3)9-11-21(25)23-13-12-18(5-2)24-14-6-7-22(24)26/h4,8-11,16,18H,1,5-7,12-15H2,2-3H3,(H,23,25)/b11-9-/t18-/m1/s1. The van der Waals surface area contributed by atoms with Gasteiger partial charge in [0.25, 0.3) is 0 Å². The van der Waals surface area contributed by atoms with Gasteiger partial charge in [-0.15, -0.1) is 0 Å². The van der Waals surface area contributed by atoms with Gasteiger partial charge >= 0.3 is 0 Å². The van der Waals surface area contributed by atoms with Crippen molar-refractivity contribution in [3.8, 4) is 11.5 Å². The summed E-state index contributed by atoms with van der Waals surface area (Å²) in [6, 6.07) is 5.68. The van der Waals surface area contributed by atoms with Crippen LogP contribution in [0.1, 0.15) is 38.2 Å². The number of nitrogens with zero attached hydrogens (tertiary/aromatic N) is 1. The van der Waals surface area contributed by atoms with Gasteiger partial charge in [-0.25, -0.2) is 0 Å². The summed E-state index contributed by atoms with van der Waals surface area (Å²) in [4.78, 5) is 25.9. The van der Waals surface area contributed by atoms with Gasteiger partial charge in [-0.05, 0) is 43.0 Å². The van der Waals surface area contributed by atoms with Crippen molar-refractivity contribution in [3.05, 3.63) is 42.5 Å². The van der Waals surface area contributed by atoms with Crippen LogP contribution in [-0.4, -0.2) is 49.6 Å². The second kappa shape index (κ2) is 11.2. The Morgan fingerprint density at radius 3 is 2.86 bits per heavy atom. The zero-order valence-corrected chi connectivity index (χ0v) is 16.8. The van der Waals surface area contributed by atoms with E-state index >= 15 is 0 Å². The molecule has 0 radical (unpaired) electrons. The summed E-state index contributed by atoms with van der Waals surface area (Å²) >= 11 is 0. The predicted octanol–water partition coefficient (Wildman–Crippen LogP) is 3.18. The molecule has 0 unspecified atom stereocenters. The number of carbonyl (C=O) groups excluding carboxylic acids is 2. The first-order chi connectivity index (χ1) is 13.6. The van der Waals surface area contributed by atoms with Crippen LogP contribution in [0.5, 0.6) is 11.5 Å². The van der Waals surface area contributed by atoms with Crippen LogP contribution < -0.4 is 14.8 Å². The van der Waals surface area contributed by atoms with Crippen molar-refractivity contribution in [1.82, 2.24) is 10.2 Å². The van der Waals surface area contributed by atoms with E-state index in [4.69, 9.17) is 9.47 Å². The van der Waals surface area contributed by atoms with Crippen LogP contribution in [0.3, 0.4) is 0 Å². The molecule has 6 nitrogen and oxygen atoms in total. The molecule has 0 aromatic heterocycles. The molecule has 2 rings (SSSR count). The topological polar surface area (TPSA) is 67.9 Å². The molecule has 1 saturated heterocycles. The van der Waals surface area contributed by atoms with Crippen molar-refractivity contribution in [2.75, 3.05) is 26.8 Å². The first kappa shape index (κ1) is 21.5. The van der Waals surface area contributed by atoms with E-state index in [9.17, 15) is 9.59 Å². The maximum absolute atomic E-state index is 12.1. The van der Waals surface area contributed by atoms with Crippen LogP contribution in [0.25, 0.3) is 6.08 Å². The monoisotopic (exact) mass is 386 g/mol. The Bertz CT molecular complexity index is 714. The van der Waals surface area contributed by atoms with Crippen LogP contribution in [0.2, 0.25) is 0 Å². The Labute approximate surface area is 167 Å². The van der Waals surface area contributed by atoms with Crippen molar-refractivity contribution >= 4 is 17.9 Å². The molecule has 1 aromatic rings. The molecular weight excluding hydrogens is 356 g/mol. The number of ether oxygens (including phenoxy) is 2. The zero-order chi connectivity index (χ0) is 20.4. The molecule has 1 N–H and O–H groups in total. The third kappa shape index (κ3) is 6.15. The molecule has 1 aliphatic heterocycles. The maximum atomic E-state index is 12.1. The number of benzene rings is 1. The zero-order valence-electron chi connectivity index (χ0n) is 16.8. The van der Waals surface area contributed by atoms with Crippen molar-refractivity contribution in [3.63, 3.8) is 0 Å². The Hall–Kier alpha value is -2.76. The van der Waals surface area contributed by atoms with E-state index in [2.05, 4.69) is 18.8 Å². The Kier molecular flexibility index (Phi) is 8.59. The lowest BCUT2D eigenvalue weighted by Gasteiger charge is -2.26. The molecule has 1 aromatic carbocycles. The van der Waals surface area contributed by atoms with E-state index in [0.29, 0.717) is 31.1 Å². The summed E-state index contributed by atoms with van der Waals surface area (Å²) in [5.74, 6) is 1.30. The molecule has 1 heterocycles. The molecule has 152 valence electrons. The molecule has 6 heteroatoms. The number of hydrogen-bond donors (Lipinski definition) is 1. The summed E-state index contributed by atoms with van der Waals surface area (Å²) < 4.78 is 10.8. The second-order valence-electron chi connectivity index (χ2n) is 6.68. The Balaban J connectivity index is 1.84. The van der Waals surface area contributed by atoms with Gasteiger partial charge in [0, 0.05) is 31.6 Å². The van der Waals surface area contributed by atoms with Crippen molar-refractivity contribution < 1.29 is 19.1 Å². The minimum atomic E-state index is -0.159. The van der Waals surface area contributed by atoms with Crippen LogP contribution in [0.15, 0.2) is 36.9 Å². The lowest BCUT2D eigenvalue weighted by molar-refractivity contribution is -0.129. The van der Waals surface area contributed by atoms with Gasteiger partial charge in [0.1, 0.15) is 6.61 Å². The normalized spacial score (nSPS) is 14.9. The third-order valence-corrected chi connectivity index (χ3v) is 4.77. The number of rotatable bonds is 11. The summed E-state index contributed by atoms with van der Waals surface area (Å²) in [5.41, 5.74) is 0.840. The van der Waals surface area contributed by atoms with Gasteiger partial charge < -0.3 is 19.7 Å². The highest BCUT2D eigenvalue weighted by Gasteiger charge is 2.26.